The van der Waals surface area contributed by atoms with Gasteiger partial charge in [-0.25, -0.2) is 9.97 Å². The molecule has 1 aromatic heterocycles. The third kappa shape index (κ3) is 3.75. The molecule has 2 heterocycles. The summed E-state index contributed by atoms with van der Waals surface area (Å²) in [6, 6.07) is 12.6. The van der Waals surface area contributed by atoms with Gasteiger partial charge < -0.3 is 9.80 Å². The summed E-state index contributed by atoms with van der Waals surface area (Å²) in [6.07, 6.45) is 6.89. The predicted octanol–water partition coefficient (Wildman–Crippen LogP) is 3.49. The smallest absolute Gasteiger partial charge is 0.134 e. The summed E-state index contributed by atoms with van der Waals surface area (Å²) in [4.78, 5) is 13.5. The highest BCUT2D eigenvalue weighted by Gasteiger charge is 2.13. The molecule has 4 nitrogen and oxygen atoms in total. The zero-order chi connectivity index (χ0) is 15.2. The van der Waals surface area contributed by atoms with Gasteiger partial charge in [0.1, 0.15) is 18.0 Å². The summed E-state index contributed by atoms with van der Waals surface area (Å²) in [7, 11) is 2.08. The molecule has 1 aromatic carbocycles. The minimum Gasteiger partial charge on any atom is -0.356 e. The number of aromatic nitrogens is 2. The predicted molar refractivity (Wildman–Crippen MR) is 91.3 cm³/mol. The molecule has 1 aliphatic rings. The summed E-state index contributed by atoms with van der Waals surface area (Å²) in [6.45, 7) is 3.08. The van der Waals surface area contributed by atoms with Crippen molar-refractivity contribution in [3.05, 3.63) is 48.3 Å². The van der Waals surface area contributed by atoms with E-state index in [1.165, 1.54) is 31.2 Å². The molecule has 0 radical (unpaired) electrons. The summed E-state index contributed by atoms with van der Waals surface area (Å²) in [5, 5.41) is 0. The Morgan fingerprint density at radius 2 is 1.73 bits per heavy atom. The average molecular weight is 296 g/mol. The second-order valence-corrected chi connectivity index (χ2v) is 5.98. The SMILES string of the molecule is CN(Cc1ccccc1)c1cc(N2CCCCCC2)ncn1. The standard InChI is InChI=1S/C18H24N4/c1-21(14-16-9-5-4-6-10-16)17-13-18(20-15-19-17)22-11-7-2-3-8-12-22/h4-6,9-10,13,15H,2-3,7-8,11-12,14H2,1H3. The first-order chi connectivity index (χ1) is 10.8. The van der Waals surface area contributed by atoms with Gasteiger partial charge in [0, 0.05) is 32.7 Å². The first-order valence-electron chi connectivity index (χ1n) is 8.15. The van der Waals surface area contributed by atoms with Gasteiger partial charge >= 0.3 is 0 Å². The van der Waals surface area contributed by atoms with Gasteiger partial charge in [-0.1, -0.05) is 43.2 Å². The Balaban J connectivity index is 1.72. The average Bonchev–Trinajstić information content (AvgIpc) is 2.85. The van der Waals surface area contributed by atoms with Crippen molar-refractivity contribution >= 4 is 11.6 Å². The molecule has 0 bridgehead atoms. The lowest BCUT2D eigenvalue weighted by Crippen LogP contribution is -2.26. The Kier molecular flexibility index (Phi) is 4.88. The highest BCUT2D eigenvalue weighted by atomic mass is 15.2. The Bertz CT molecular complexity index is 577. The molecule has 22 heavy (non-hydrogen) atoms. The van der Waals surface area contributed by atoms with E-state index in [2.05, 4.69) is 57.1 Å². The molecule has 0 atom stereocenters. The minimum absolute atomic E-state index is 0.858. The van der Waals surface area contributed by atoms with Crippen molar-refractivity contribution in [2.45, 2.75) is 32.2 Å². The Morgan fingerprint density at radius 3 is 2.45 bits per heavy atom. The van der Waals surface area contributed by atoms with Gasteiger partial charge in [-0.05, 0) is 18.4 Å². The van der Waals surface area contributed by atoms with Crippen molar-refractivity contribution in [1.82, 2.24) is 9.97 Å². The summed E-state index contributed by atoms with van der Waals surface area (Å²) >= 11 is 0. The molecule has 0 aliphatic carbocycles. The van der Waals surface area contributed by atoms with Crippen LogP contribution in [0.15, 0.2) is 42.7 Å². The number of nitrogens with zero attached hydrogens (tertiary/aromatic N) is 4. The summed E-state index contributed by atoms with van der Waals surface area (Å²) in [5.74, 6) is 2.05. The molecular weight excluding hydrogens is 272 g/mol. The van der Waals surface area contributed by atoms with E-state index < -0.39 is 0 Å². The van der Waals surface area contributed by atoms with E-state index in [0.29, 0.717) is 0 Å². The minimum atomic E-state index is 0.858. The van der Waals surface area contributed by atoms with Gasteiger partial charge in [0.2, 0.25) is 0 Å². The first kappa shape index (κ1) is 14.8. The number of hydrogen-bond donors (Lipinski definition) is 0. The fourth-order valence-electron chi connectivity index (χ4n) is 2.96. The molecule has 116 valence electrons. The van der Waals surface area contributed by atoms with Gasteiger partial charge in [0.25, 0.3) is 0 Å². The van der Waals surface area contributed by atoms with Crippen molar-refractivity contribution in [3.63, 3.8) is 0 Å². The number of hydrogen-bond acceptors (Lipinski definition) is 4. The molecule has 1 aliphatic heterocycles. The Morgan fingerprint density at radius 1 is 1.00 bits per heavy atom. The van der Waals surface area contributed by atoms with Crippen LogP contribution in [0.3, 0.4) is 0 Å². The zero-order valence-corrected chi connectivity index (χ0v) is 13.3. The van der Waals surface area contributed by atoms with E-state index in [1.807, 2.05) is 6.07 Å². The van der Waals surface area contributed by atoms with E-state index in [-0.39, 0.29) is 0 Å². The van der Waals surface area contributed by atoms with Crippen LogP contribution in [-0.4, -0.2) is 30.1 Å². The normalized spacial score (nSPS) is 15.4. The fraction of sp³-hybridized carbons (Fsp3) is 0.444. The van der Waals surface area contributed by atoms with Crippen LogP contribution in [0.4, 0.5) is 11.6 Å². The van der Waals surface area contributed by atoms with Crippen molar-refractivity contribution in [1.29, 1.82) is 0 Å². The topological polar surface area (TPSA) is 32.3 Å². The highest BCUT2D eigenvalue weighted by molar-refractivity contribution is 5.50. The second-order valence-electron chi connectivity index (χ2n) is 5.98. The molecule has 0 unspecified atom stereocenters. The lowest BCUT2D eigenvalue weighted by molar-refractivity contribution is 0.726. The molecule has 1 fully saturated rings. The van der Waals surface area contributed by atoms with E-state index in [4.69, 9.17) is 0 Å². The van der Waals surface area contributed by atoms with Crippen LogP contribution in [0.25, 0.3) is 0 Å². The maximum atomic E-state index is 4.48. The van der Waals surface area contributed by atoms with Crippen LogP contribution < -0.4 is 9.80 Å². The maximum Gasteiger partial charge on any atom is 0.134 e. The van der Waals surface area contributed by atoms with Crippen LogP contribution in [-0.2, 0) is 6.54 Å². The highest BCUT2D eigenvalue weighted by Crippen LogP contribution is 2.21. The van der Waals surface area contributed by atoms with E-state index >= 15 is 0 Å². The van der Waals surface area contributed by atoms with Gasteiger partial charge in [-0.15, -0.1) is 0 Å². The van der Waals surface area contributed by atoms with Gasteiger partial charge in [0.15, 0.2) is 0 Å². The van der Waals surface area contributed by atoms with Crippen LogP contribution in [0.2, 0.25) is 0 Å². The van der Waals surface area contributed by atoms with Crippen LogP contribution >= 0.6 is 0 Å². The molecule has 4 heteroatoms. The summed E-state index contributed by atoms with van der Waals surface area (Å²) in [5.41, 5.74) is 1.29. The van der Waals surface area contributed by atoms with Gasteiger partial charge in [-0.2, -0.15) is 0 Å². The maximum absolute atomic E-state index is 4.48. The third-order valence-corrected chi connectivity index (χ3v) is 4.22. The lowest BCUT2D eigenvalue weighted by atomic mass is 10.2. The number of benzene rings is 1. The molecule has 0 N–H and O–H groups in total. The van der Waals surface area contributed by atoms with E-state index in [1.54, 1.807) is 6.33 Å². The van der Waals surface area contributed by atoms with Crippen LogP contribution in [0.1, 0.15) is 31.2 Å². The van der Waals surface area contributed by atoms with Crippen LogP contribution in [0.5, 0.6) is 0 Å². The van der Waals surface area contributed by atoms with Crippen LogP contribution in [0, 0.1) is 0 Å². The quantitative estimate of drug-likeness (QED) is 0.864. The molecule has 0 spiro atoms. The molecule has 0 amide bonds. The molecule has 2 aromatic rings. The van der Waals surface area contributed by atoms with Crippen molar-refractivity contribution in [2.75, 3.05) is 29.9 Å². The van der Waals surface area contributed by atoms with Crippen molar-refractivity contribution in [3.8, 4) is 0 Å². The van der Waals surface area contributed by atoms with Gasteiger partial charge in [0.05, 0.1) is 0 Å². The van der Waals surface area contributed by atoms with E-state index in [9.17, 15) is 0 Å². The third-order valence-electron chi connectivity index (χ3n) is 4.22. The van der Waals surface area contributed by atoms with Gasteiger partial charge in [-0.3, -0.25) is 0 Å². The largest absolute Gasteiger partial charge is 0.356 e. The number of rotatable bonds is 4. The second kappa shape index (κ2) is 7.25. The Labute approximate surface area is 132 Å². The van der Waals surface area contributed by atoms with Crippen molar-refractivity contribution in [2.24, 2.45) is 0 Å². The molecule has 1 saturated heterocycles. The Hall–Kier alpha value is -2.10. The number of anilines is 2. The fourth-order valence-corrected chi connectivity index (χ4v) is 2.96. The van der Waals surface area contributed by atoms with E-state index in [0.717, 1.165) is 31.3 Å². The monoisotopic (exact) mass is 296 g/mol. The molecular formula is C18H24N4. The van der Waals surface area contributed by atoms with Crippen molar-refractivity contribution < 1.29 is 0 Å². The molecule has 0 saturated carbocycles. The zero-order valence-electron chi connectivity index (χ0n) is 13.3. The summed E-state index contributed by atoms with van der Waals surface area (Å²) < 4.78 is 0. The first-order valence-corrected chi connectivity index (χ1v) is 8.15. The molecule has 3 rings (SSSR count). The lowest BCUT2D eigenvalue weighted by Gasteiger charge is -2.24.